The van der Waals surface area contributed by atoms with Crippen LogP contribution in [0.2, 0.25) is 0 Å². The molecular weight excluding hydrogens is 164 g/mol. The van der Waals surface area contributed by atoms with E-state index < -0.39 is 0 Å². The zero-order chi connectivity index (χ0) is 9.31. The average molecular weight is 184 g/mol. The Morgan fingerprint density at radius 2 is 1.69 bits per heavy atom. The first-order valence-electron chi connectivity index (χ1n) is 5.22. The quantitative estimate of drug-likeness (QED) is 0.604. The molecule has 0 bridgehead atoms. The van der Waals surface area contributed by atoms with Crippen molar-refractivity contribution in [2.24, 2.45) is 5.41 Å². The molecule has 0 aromatic rings. The van der Waals surface area contributed by atoms with Gasteiger partial charge in [-0.05, 0) is 44.8 Å². The SMILES string of the molecule is CON1CCC2(CCN(C)CC2)C1. The summed E-state index contributed by atoms with van der Waals surface area (Å²) in [7, 11) is 4.00. The number of piperidine rings is 1. The summed E-state index contributed by atoms with van der Waals surface area (Å²) < 4.78 is 0. The van der Waals surface area contributed by atoms with Gasteiger partial charge in [0.05, 0.1) is 7.11 Å². The number of hydrogen-bond acceptors (Lipinski definition) is 3. The van der Waals surface area contributed by atoms with E-state index in [0.29, 0.717) is 5.41 Å². The molecule has 0 aromatic heterocycles. The molecule has 2 fully saturated rings. The molecule has 0 aromatic carbocycles. The van der Waals surface area contributed by atoms with Crippen LogP contribution in [-0.4, -0.2) is 50.3 Å². The van der Waals surface area contributed by atoms with Crippen molar-refractivity contribution in [3.8, 4) is 0 Å². The summed E-state index contributed by atoms with van der Waals surface area (Å²) in [6.07, 6.45) is 4.03. The van der Waals surface area contributed by atoms with E-state index >= 15 is 0 Å². The van der Waals surface area contributed by atoms with Crippen LogP contribution in [0.25, 0.3) is 0 Å². The highest BCUT2D eigenvalue weighted by Gasteiger charge is 2.40. The molecule has 3 heteroatoms. The molecule has 2 saturated heterocycles. The van der Waals surface area contributed by atoms with Crippen LogP contribution in [0.3, 0.4) is 0 Å². The number of hydrogen-bond donors (Lipinski definition) is 0. The van der Waals surface area contributed by atoms with Crippen molar-refractivity contribution in [3.05, 3.63) is 0 Å². The van der Waals surface area contributed by atoms with Gasteiger partial charge in [-0.3, -0.25) is 0 Å². The van der Waals surface area contributed by atoms with Crippen molar-refractivity contribution in [1.29, 1.82) is 0 Å². The van der Waals surface area contributed by atoms with Gasteiger partial charge in [-0.15, -0.1) is 0 Å². The van der Waals surface area contributed by atoms with E-state index in [9.17, 15) is 0 Å². The van der Waals surface area contributed by atoms with Crippen LogP contribution < -0.4 is 0 Å². The normalized spacial score (nSPS) is 30.0. The van der Waals surface area contributed by atoms with Gasteiger partial charge in [0.1, 0.15) is 0 Å². The van der Waals surface area contributed by atoms with Gasteiger partial charge in [-0.1, -0.05) is 0 Å². The second kappa shape index (κ2) is 3.56. The first-order valence-corrected chi connectivity index (χ1v) is 5.22. The van der Waals surface area contributed by atoms with E-state index in [2.05, 4.69) is 17.0 Å². The standard InChI is InChI=1S/C10H20N2O/c1-11-6-3-10(4-7-11)5-8-12(9-10)13-2/h3-9H2,1-2H3. The van der Waals surface area contributed by atoms with Crippen LogP contribution >= 0.6 is 0 Å². The van der Waals surface area contributed by atoms with Gasteiger partial charge in [0.2, 0.25) is 0 Å². The lowest BCUT2D eigenvalue weighted by Gasteiger charge is -2.37. The van der Waals surface area contributed by atoms with Gasteiger partial charge in [0.25, 0.3) is 0 Å². The summed E-state index contributed by atoms with van der Waals surface area (Å²) >= 11 is 0. The fourth-order valence-corrected chi connectivity index (χ4v) is 2.55. The van der Waals surface area contributed by atoms with E-state index in [1.165, 1.54) is 32.4 Å². The largest absolute Gasteiger partial charge is 0.306 e. The maximum Gasteiger partial charge on any atom is 0.0575 e. The first-order chi connectivity index (χ1) is 6.24. The lowest BCUT2D eigenvalue weighted by atomic mass is 9.78. The third-order valence-corrected chi connectivity index (χ3v) is 3.71. The maximum atomic E-state index is 5.29. The lowest BCUT2D eigenvalue weighted by molar-refractivity contribution is -0.121. The molecule has 2 heterocycles. The molecule has 0 atom stereocenters. The number of hydroxylamine groups is 2. The molecule has 2 aliphatic heterocycles. The first kappa shape index (κ1) is 9.44. The van der Waals surface area contributed by atoms with Gasteiger partial charge < -0.3 is 9.74 Å². The summed E-state index contributed by atoms with van der Waals surface area (Å²) in [4.78, 5) is 7.72. The Hall–Kier alpha value is -0.120. The van der Waals surface area contributed by atoms with Gasteiger partial charge >= 0.3 is 0 Å². The third-order valence-electron chi connectivity index (χ3n) is 3.71. The van der Waals surface area contributed by atoms with Crippen LogP contribution in [0.15, 0.2) is 0 Å². The fraction of sp³-hybridized carbons (Fsp3) is 1.00. The molecule has 0 saturated carbocycles. The van der Waals surface area contributed by atoms with Gasteiger partial charge in [-0.2, -0.15) is 5.06 Å². The maximum absolute atomic E-state index is 5.29. The van der Waals surface area contributed by atoms with Crippen LogP contribution in [0.1, 0.15) is 19.3 Å². The van der Waals surface area contributed by atoms with Gasteiger partial charge in [-0.25, -0.2) is 0 Å². The molecule has 3 nitrogen and oxygen atoms in total. The minimum Gasteiger partial charge on any atom is -0.306 e. The number of likely N-dealkylation sites (tertiary alicyclic amines) is 1. The van der Waals surface area contributed by atoms with Crippen molar-refractivity contribution in [2.45, 2.75) is 19.3 Å². The minimum atomic E-state index is 0.586. The molecule has 13 heavy (non-hydrogen) atoms. The highest BCUT2D eigenvalue weighted by atomic mass is 16.7. The summed E-state index contributed by atoms with van der Waals surface area (Å²) in [6.45, 7) is 4.80. The van der Waals surface area contributed by atoms with Crippen molar-refractivity contribution < 1.29 is 4.84 Å². The van der Waals surface area contributed by atoms with Crippen LogP contribution in [0.4, 0.5) is 0 Å². The molecule has 1 spiro atoms. The predicted molar refractivity (Wildman–Crippen MR) is 52.4 cm³/mol. The summed E-state index contributed by atoms with van der Waals surface area (Å²) in [5.74, 6) is 0. The monoisotopic (exact) mass is 184 g/mol. The van der Waals surface area contributed by atoms with Crippen LogP contribution in [0, 0.1) is 5.41 Å². The fourth-order valence-electron chi connectivity index (χ4n) is 2.55. The average Bonchev–Trinajstić information content (AvgIpc) is 2.55. The molecule has 76 valence electrons. The number of rotatable bonds is 1. The Morgan fingerprint density at radius 1 is 1.08 bits per heavy atom. The van der Waals surface area contributed by atoms with Crippen molar-refractivity contribution >= 4 is 0 Å². The second-order valence-electron chi connectivity index (χ2n) is 4.60. The third kappa shape index (κ3) is 1.87. The predicted octanol–water partition coefficient (Wildman–Crippen LogP) is 0.966. The Bertz CT molecular complexity index is 176. The molecule has 0 N–H and O–H groups in total. The van der Waals surface area contributed by atoms with E-state index in [1.54, 1.807) is 7.11 Å². The molecule has 2 rings (SSSR count). The Kier molecular flexibility index (Phi) is 2.58. The minimum absolute atomic E-state index is 0.586. The Balaban J connectivity index is 1.92. The topological polar surface area (TPSA) is 15.7 Å². The molecular formula is C10H20N2O. The Morgan fingerprint density at radius 3 is 2.23 bits per heavy atom. The van der Waals surface area contributed by atoms with E-state index in [1.807, 2.05) is 0 Å². The van der Waals surface area contributed by atoms with Gasteiger partial charge in [0, 0.05) is 13.1 Å². The van der Waals surface area contributed by atoms with Crippen LogP contribution in [-0.2, 0) is 4.84 Å². The molecule has 2 aliphatic rings. The molecule has 0 radical (unpaired) electrons. The number of nitrogens with zero attached hydrogens (tertiary/aromatic N) is 2. The Labute approximate surface area is 80.6 Å². The van der Waals surface area contributed by atoms with Crippen molar-refractivity contribution in [3.63, 3.8) is 0 Å². The summed E-state index contributed by atoms with van der Waals surface area (Å²) in [6, 6.07) is 0. The summed E-state index contributed by atoms with van der Waals surface area (Å²) in [5.41, 5.74) is 0.586. The van der Waals surface area contributed by atoms with Gasteiger partial charge in [0.15, 0.2) is 0 Å². The van der Waals surface area contributed by atoms with E-state index in [4.69, 9.17) is 4.84 Å². The molecule has 0 amide bonds. The molecule has 0 unspecified atom stereocenters. The highest BCUT2D eigenvalue weighted by Crippen LogP contribution is 2.39. The van der Waals surface area contributed by atoms with Crippen molar-refractivity contribution in [2.75, 3.05) is 40.3 Å². The molecule has 0 aliphatic carbocycles. The van der Waals surface area contributed by atoms with Crippen molar-refractivity contribution in [1.82, 2.24) is 9.96 Å². The zero-order valence-electron chi connectivity index (χ0n) is 8.75. The van der Waals surface area contributed by atoms with E-state index in [-0.39, 0.29) is 0 Å². The summed E-state index contributed by atoms with van der Waals surface area (Å²) in [5, 5.41) is 2.12. The second-order valence-corrected chi connectivity index (χ2v) is 4.60. The van der Waals surface area contributed by atoms with E-state index in [0.717, 1.165) is 13.1 Å². The smallest absolute Gasteiger partial charge is 0.0575 e. The highest BCUT2D eigenvalue weighted by molar-refractivity contribution is 4.91. The van der Waals surface area contributed by atoms with Crippen LogP contribution in [0.5, 0.6) is 0 Å². The zero-order valence-corrected chi connectivity index (χ0v) is 8.75. The lowest BCUT2D eigenvalue weighted by Crippen LogP contribution is -2.39.